The molecule has 5 aromatic carbocycles. The number of piperidine rings is 1. The number of hydrogen-bond acceptors (Lipinski definition) is 5. The van der Waals surface area contributed by atoms with Crippen LogP contribution in [0.3, 0.4) is 0 Å². The standard InChI is InChI=1S/C41H46N4O4S/c1-42(2)35-20-12-21-37(28-35)45(50(48,49)40-24-11-19-34-18-9-10-23-39(34)40)38-25-27-44(41(46)47)36(29-38)22-13-26-43(30-32-14-5-3-6-15-32)31-33-16-7-4-8-17-33/h3-12,14-21,23-24,28,36,38H,13,22,25-27,29-31H2,1-2H3,(H,46,47)/t36-,38-/m0/s1. The van der Waals surface area contributed by atoms with Gasteiger partial charge in [0.1, 0.15) is 0 Å². The highest BCUT2D eigenvalue weighted by Gasteiger charge is 2.39. The maximum absolute atomic E-state index is 14.9. The zero-order valence-electron chi connectivity index (χ0n) is 28.8. The molecule has 9 heteroatoms. The molecule has 0 bridgehead atoms. The second-order valence-corrected chi connectivity index (χ2v) is 15.1. The Labute approximate surface area is 296 Å². The Morgan fingerprint density at radius 2 is 1.38 bits per heavy atom. The molecular weight excluding hydrogens is 645 g/mol. The largest absolute Gasteiger partial charge is 0.465 e. The third kappa shape index (κ3) is 8.12. The molecule has 1 fully saturated rings. The Kier molecular flexibility index (Phi) is 11.0. The number of carboxylic acid groups (broad SMARTS) is 1. The van der Waals surface area contributed by atoms with Crippen LogP contribution in [0.25, 0.3) is 10.8 Å². The van der Waals surface area contributed by atoms with Gasteiger partial charge in [0.2, 0.25) is 0 Å². The molecule has 0 aromatic heterocycles. The molecule has 0 saturated carbocycles. The summed E-state index contributed by atoms with van der Waals surface area (Å²) >= 11 is 0. The lowest BCUT2D eigenvalue weighted by Gasteiger charge is -2.43. The van der Waals surface area contributed by atoms with Crippen molar-refractivity contribution >= 4 is 38.3 Å². The molecule has 1 aliphatic rings. The van der Waals surface area contributed by atoms with E-state index in [2.05, 4.69) is 53.4 Å². The maximum Gasteiger partial charge on any atom is 0.407 e. The molecule has 5 aromatic rings. The number of likely N-dealkylation sites (tertiary alicyclic amines) is 1. The van der Waals surface area contributed by atoms with Gasteiger partial charge in [-0.25, -0.2) is 13.2 Å². The van der Waals surface area contributed by atoms with Crippen molar-refractivity contribution in [3.8, 4) is 0 Å². The number of hydrogen-bond donors (Lipinski definition) is 1. The number of sulfonamides is 1. The van der Waals surface area contributed by atoms with Gasteiger partial charge in [0.05, 0.1) is 10.6 Å². The fraction of sp³-hybridized carbons (Fsp3) is 0.293. The number of carbonyl (C=O) groups is 1. The molecule has 2 atom stereocenters. The Morgan fingerprint density at radius 3 is 2.04 bits per heavy atom. The van der Waals surface area contributed by atoms with Gasteiger partial charge in [0, 0.05) is 56.9 Å². The first-order valence-corrected chi connectivity index (χ1v) is 18.7. The van der Waals surface area contributed by atoms with Gasteiger partial charge in [0.25, 0.3) is 10.0 Å². The number of nitrogens with zero attached hydrogens (tertiary/aromatic N) is 4. The molecule has 1 N–H and O–H groups in total. The first-order valence-electron chi connectivity index (χ1n) is 17.3. The maximum atomic E-state index is 14.9. The number of benzene rings is 5. The van der Waals surface area contributed by atoms with Gasteiger partial charge in [-0.1, -0.05) is 103 Å². The van der Waals surface area contributed by atoms with Crippen LogP contribution in [0.15, 0.2) is 132 Å². The smallest absolute Gasteiger partial charge is 0.407 e. The van der Waals surface area contributed by atoms with Crippen molar-refractivity contribution < 1.29 is 18.3 Å². The van der Waals surface area contributed by atoms with E-state index >= 15 is 0 Å². The summed E-state index contributed by atoms with van der Waals surface area (Å²) in [5.74, 6) is 0. The van der Waals surface area contributed by atoms with E-state index in [1.807, 2.05) is 85.7 Å². The van der Waals surface area contributed by atoms with Gasteiger partial charge >= 0.3 is 6.09 Å². The third-order valence-corrected chi connectivity index (χ3v) is 11.6. The van der Waals surface area contributed by atoms with E-state index in [0.717, 1.165) is 37.1 Å². The quantitative estimate of drug-likeness (QED) is 0.135. The number of fused-ring (bicyclic) bond motifs is 1. The minimum Gasteiger partial charge on any atom is -0.465 e. The molecule has 50 heavy (non-hydrogen) atoms. The first kappa shape index (κ1) is 35.0. The Hall–Kier alpha value is -4.86. The van der Waals surface area contributed by atoms with Crippen molar-refractivity contribution in [3.05, 3.63) is 139 Å². The Bertz CT molecular complexity index is 1940. The molecule has 6 rings (SSSR count). The highest BCUT2D eigenvalue weighted by molar-refractivity contribution is 7.93. The molecule has 0 unspecified atom stereocenters. The average molecular weight is 691 g/mol. The molecule has 260 valence electrons. The summed E-state index contributed by atoms with van der Waals surface area (Å²) in [4.78, 5) is 18.7. The SMILES string of the molecule is CN(C)c1cccc(N([C@H]2CCN(C(=O)O)[C@@H](CCCN(Cc3ccccc3)Cc3ccccc3)C2)S(=O)(=O)c2cccc3ccccc23)c1. The molecule has 8 nitrogen and oxygen atoms in total. The molecule has 1 saturated heterocycles. The summed E-state index contributed by atoms with van der Waals surface area (Å²) in [5.41, 5.74) is 3.91. The van der Waals surface area contributed by atoms with Crippen molar-refractivity contribution in [2.24, 2.45) is 0 Å². The van der Waals surface area contributed by atoms with E-state index in [9.17, 15) is 18.3 Å². The second-order valence-electron chi connectivity index (χ2n) is 13.3. The zero-order chi connectivity index (χ0) is 35.1. The van der Waals surface area contributed by atoms with Gasteiger partial charge in [-0.2, -0.15) is 0 Å². The molecule has 0 spiro atoms. The highest BCUT2D eigenvalue weighted by atomic mass is 32.2. The van der Waals surface area contributed by atoms with Gasteiger partial charge in [0.15, 0.2) is 0 Å². The van der Waals surface area contributed by atoms with Crippen LogP contribution in [0, 0.1) is 0 Å². The lowest BCUT2D eigenvalue weighted by molar-refractivity contribution is 0.0957. The van der Waals surface area contributed by atoms with Crippen LogP contribution in [0.4, 0.5) is 16.2 Å². The molecule has 0 radical (unpaired) electrons. The summed E-state index contributed by atoms with van der Waals surface area (Å²) in [6, 6.07) is 40.5. The average Bonchev–Trinajstić information content (AvgIpc) is 3.12. The topological polar surface area (TPSA) is 84.4 Å². The Balaban J connectivity index is 1.28. The zero-order valence-corrected chi connectivity index (χ0v) is 29.6. The number of amides is 1. The minimum absolute atomic E-state index is 0.250. The van der Waals surface area contributed by atoms with Gasteiger partial charge in [-0.05, 0) is 73.0 Å². The molecule has 1 amide bonds. The van der Waals surface area contributed by atoms with Crippen LogP contribution in [0.2, 0.25) is 0 Å². The van der Waals surface area contributed by atoms with Crippen molar-refractivity contribution in [2.75, 3.05) is 36.4 Å². The third-order valence-electron chi connectivity index (χ3n) is 9.66. The summed E-state index contributed by atoms with van der Waals surface area (Å²) < 4.78 is 31.3. The summed E-state index contributed by atoms with van der Waals surface area (Å²) in [6.07, 6.45) is 1.24. The Morgan fingerprint density at radius 1 is 0.780 bits per heavy atom. The van der Waals surface area contributed by atoms with E-state index in [-0.39, 0.29) is 17.5 Å². The lowest BCUT2D eigenvalue weighted by Crippen LogP contribution is -2.53. The molecule has 0 aliphatic carbocycles. The van der Waals surface area contributed by atoms with E-state index in [1.165, 1.54) is 16.0 Å². The van der Waals surface area contributed by atoms with Crippen LogP contribution >= 0.6 is 0 Å². The van der Waals surface area contributed by atoms with Crippen molar-refractivity contribution in [2.45, 2.75) is 55.8 Å². The molecular formula is C41H46N4O4S. The van der Waals surface area contributed by atoms with Crippen LogP contribution in [0.5, 0.6) is 0 Å². The minimum atomic E-state index is -4.05. The fourth-order valence-electron chi connectivity index (χ4n) is 7.20. The monoisotopic (exact) mass is 690 g/mol. The number of anilines is 2. The summed E-state index contributed by atoms with van der Waals surface area (Å²) in [5, 5.41) is 11.8. The van der Waals surface area contributed by atoms with Gasteiger partial charge < -0.3 is 14.9 Å². The molecule has 1 heterocycles. The van der Waals surface area contributed by atoms with Crippen LogP contribution in [-0.4, -0.2) is 68.7 Å². The molecule has 1 aliphatic heterocycles. The van der Waals surface area contributed by atoms with Gasteiger partial charge in [-0.15, -0.1) is 0 Å². The van der Waals surface area contributed by atoms with Crippen LogP contribution in [-0.2, 0) is 23.1 Å². The van der Waals surface area contributed by atoms with Crippen molar-refractivity contribution in [1.82, 2.24) is 9.80 Å². The predicted molar refractivity (Wildman–Crippen MR) is 202 cm³/mol. The van der Waals surface area contributed by atoms with E-state index in [0.29, 0.717) is 30.3 Å². The van der Waals surface area contributed by atoms with E-state index in [1.54, 1.807) is 16.4 Å². The summed E-state index contributed by atoms with van der Waals surface area (Å²) in [7, 11) is -0.180. The van der Waals surface area contributed by atoms with E-state index < -0.39 is 22.2 Å². The van der Waals surface area contributed by atoms with Crippen molar-refractivity contribution in [3.63, 3.8) is 0 Å². The van der Waals surface area contributed by atoms with Gasteiger partial charge in [-0.3, -0.25) is 9.21 Å². The van der Waals surface area contributed by atoms with Crippen LogP contribution in [0.1, 0.15) is 36.8 Å². The van der Waals surface area contributed by atoms with Crippen molar-refractivity contribution in [1.29, 1.82) is 0 Å². The first-order chi connectivity index (χ1) is 24.2. The normalized spacial score (nSPS) is 16.4. The summed E-state index contributed by atoms with van der Waals surface area (Å²) in [6.45, 7) is 2.61. The predicted octanol–water partition coefficient (Wildman–Crippen LogP) is 8.09. The second kappa shape index (κ2) is 15.8. The lowest BCUT2D eigenvalue weighted by atomic mass is 9.93. The number of rotatable bonds is 13. The van der Waals surface area contributed by atoms with E-state index in [4.69, 9.17) is 0 Å². The van der Waals surface area contributed by atoms with Crippen LogP contribution < -0.4 is 9.21 Å². The highest BCUT2D eigenvalue weighted by Crippen LogP contribution is 2.37. The fourth-order valence-corrected chi connectivity index (χ4v) is 9.10.